The van der Waals surface area contributed by atoms with Crippen molar-refractivity contribution in [2.45, 2.75) is 6.23 Å². The standard InChI is InChI=1S/C15H19NO3/c1-3-10-19-15(16-8-11-18-12-9-16)13-6-4-5-7-14(13)17-2/h1,4-7,15H,8-12H2,2H3. The van der Waals surface area contributed by atoms with Crippen molar-refractivity contribution >= 4 is 0 Å². The molecule has 1 aliphatic rings. The maximum atomic E-state index is 5.81. The summed E-state index contributed by atoms with van der Waals surface area (Å²) in [6.45, 7) is 3.36. The van der Waals surface area contributed by atoms with Crippen LogP contribution in [-0.2, 0) is 9.47 Å². The van der Waals surface area contributed by atoms with Gasteiger partial charge in [-0.2, -0.15) is 0 Å². The van der Waals surface area contributed by atoms with Crippen LogP contribution in [-0.4, -0.2) is 44.9 Å². The highest BCUT2D eigenvalue weighted by Crippen LogP contribution is 2.30. The Kier molecular flexibility index (Phi) is 5.22. The van der Waals surface area contributed by atoms with Gasteiger partial charge in [0.2, 0.25) is 0 Å². The summed E-state index contributed by atoms with van der Waals surface area (Å²) in [6.07, 6.45) is 5.12. The van der Waals surface area contributed by atoms with Crippen LogP contribution in [0.2, 0.25) is 0 Å². The lowest BCUT2D eigenvalue weighted by Gasteiger charge is -2.34. The summed E-state index contributed by atoms with van der Waals surface area (Å²) in [4.78, 5) is 2.22. The Hall–Kier alpha value is -1.54. The van der Waals surface area contributed by atoms with Crippen LogP contribution in [0.15, 0.2) is 24.3 Å². The molecular weight excluding hydrogens is 242 g/mol. The summed E-state index contributed by atoms with van der Waals surface area (Å²) in [5, 5.41) is 0. The Labute approximate surface area is 114 Å². The van der Waals surface area contributed by atoms with Gasteiger partial charge in [-0.25, -0.2) is 0 Å². The predicted molar refractivity (Wildman–Crippen MR) is 72.9 cm³/mol. The van der Waals surface area contributed by atoms with Crippen LogP contribution in [0.1, 0.15) is 11.8 Å². The molecule has 0 spiro atoms. The van der Waals surface area contributed by atoms with Crippen LogP contribution >= 0.6 is 0 Å². The second-order valence-electron chi connectivity index (χ2n) is 4.26. The first-order valence-corrected chi connectivity index (χ1v) is 6.36. The minimum Gasteiger partial charge on any atom is -0.496 e. The monoisotopic (exact) mass is 261 g/mol. The molecule has 0 aromatic heterocycles. The maximum Gasteiger partial charge on any atom is 0.141 e. The van der Waals surface area contributed by atoms with E-state index in [9.17, 15) is 0 Å². The smallest absolute Gasteiger partial charge is 0.141 e. The number of hydrogen-bond donors (Lipinski definition) is 0. The number of morpholine rings is 1. The molecule has 1 aliphatic heterocycles. The van der Waals surface area contributed by atoms with Crippen LogP contribution in [0.5, 0.6) is 5.75 Å². The van der Waals surface area contributed by atoms with Gasteiger partial charge in [0, 0.05) is 18.7 Å². The van der Waals surface area contributed by atoms with E-state index in [1.165, 1.54) is 0 Å². The summed E-state index contributed by atoms with van der Waals surface area (Å²) in [5.74, 6) is 3.34. The van der Waals surface area contributed by atoms with Crippen molar-refractivity contribution in [3.8, 4) is 18.1 Å². The number of hydrogen-bond acceptors (Lipinski definition) is 4. The van der Waals surface area contributed by atoms with Gasteiger partial charge in [-0.1, -0.05) is 24.1 Å². The molecule has 1 saturated heterocycles. The average Bonchev–Trinajstić information content (AvgIpc) is 2.49. The third-order valence-corrected chi connectivity index (χ3v) is 3.11. The molecule has 2 rings (SSSR count). The number of ether oxygens (including phenoxy) is 3. The van der Waals surface area contributed by atoms with Crippen molar-refractivity contribution < 1.29 is 14.2 Å². The molecule has 1 aromatic rings. The summed E-state index contributed by atoms with van der Waals surface area (Å²) in [7, 11) is 1.66. The van der Waals surface area contributed by atoms with E-state index in [0.29, 0.717) is 13.2 Å². The van der Waals surface area contributed by atoms with E-state index in [2.05, 4.69) is 10.8 Å². The Balaban J connectivity index is 2.22. The molecule has 1 atom stereocenters. The van der Waals surface area contributed by atoms with Crippen molar-refractivity contribution in [2.24, 2.45) is 0 Å². The average molecular weight is 261 g/mol. The Bertz CT molecular complexity index is 435. The van der Waals surface area contributed by atoms with Crippen molar-refractivity contribution in [3.05, 3.63) is 29.8 Å². The molecule has 0 aliphatic carbocycles. The number of rotatable bonds is 5. The molecule has 1 unspecified atom stereocenters. The first-order valence-electron chi connectivity index (χ1n) is 6.36. The molecule has 1 aromatic carbocycles. The number of benzene rings is 1. The lowest BCUT2D eigenvalue weighted by atomic mass is 10.1. The molecule has 0 amide bonds. The third kappa shape index (κ3) is 3.48. The lowest BCUT2D eigenvalue weighted by Crippen LogP contribution is -2.40. The Morgan fingerprint density at radius 2 is 2.11 bits per heavy atom. The van der Waals surface area contributed by atoms with Gasteiger partial charge in [-0.15, -0.1) is 6.42 Å². The van der Waals surface area contributed by atoms with E-state index < -0.39 is 0 Å². The molecule has 0 N–H and O–H groups in total. The SMILES string of the molecule is C#CCOC(c1ccccc1OC)N1CCOCC1. The van der Waals surface area contributed by atoms with E-state index >= 15 is 0 Å². The zero-order valence-corrected chi connectivity index (χ0v) is 11.2. The number of terminal acetylenes is 1. The van der Waals surface area contributed by atoms with Crippen LogP contribution in [0.25, 0.3) is 0 Å². The number of para-hydroxylation sites is 1. The number of nitrogens with zero attached hydrogens (tertiary/aromatic N) is 1. The molecule has 0 radical (unpaired) electrons. The summed E-state index contributed by atoms with van der Waals surface area (Å²) < 4.78 is 16.6. The molecule has 0 saturated carbocycles. The zero-order chi connectivity index (χ0) is 13.5. The lowest BCUT2D eigenvalue weighted by molar-refractivity contribution is -0.0909. The molecule has 1 heterocycles. The van der Waals surface area contributed by atoms with Crippen molar-refractivity contribution in [1.29, 1.82) is 0 Å². The third-order valence-electron chi connectivity index (χ3n) is 3.11. The fourth-order valence-electron chi connectivity index (χ4n) is 2.20. The first kappa shape index (κ1) is 13.9. The largest absolute Gasteiger partial charge is 0.496 e. The minimum atomic E-state index is -0.184. The Morgan fingerprint density at radius 1 is 1.37 bits per heavy atom. The highest BCUT2D eigenvalue weighted by molar-refractivity contribution is 5.35. The molecule has 102 valence electrons. The topological polar surface area (TPSA) is 30.9 Å². The molecule has 4 heteroatoms. The maximum absolute atomic E-state index is 5.81. The molecule has 19 heavy (non-hydrogen) atoms. The van der Waals surface area contributed by atoms with E-state index in [1.54, 1.807) is 7.11 Å². The van der Waals surface area contributed by atoms with Gasteiger partial charge < -0.3 is 14.2 Å². The summed E-state index contributed by atoms with van der Waals surface area (Å²) in [5.41, 5.74) is 1.00. The fraction of sp³-hybridized carbons (Fsp3) is 0.467. The van der Waals surface area contributed by atoms with Crippen LogP contribution < -0.4 is 4.74 Å². The highest BCUT2D eigenvalue weighted by atomic mass is 16.5. The Morgan fingerprint density at radius 3 is 2.79 bits per heavy atom. The van der Waals surface area contributed by atoms with E-state index in [0.717, 1.165) is 24.4 Å². The molecule has 4 nitrogen and oxygen atoms in total. The molecule has 1 fully saturated rings. The van der Waals surface area contributed by atoms with Crippen LogP contribution in [0, 0.1) is 12.3 Å². The van der Waals surface area contributed by atoms with Crippen molar-refractivity contribution in [2.75, 3.05) is 40.0 Å². The van der Waals surface area contributed by atoms with Gasteiger partial charge in [-0.05, 0) is 6.07 Å². The normalized spacial score (nSPS) is 17.7. The van der Waals surface area contributed by atoms with Crippen molar-refractivity contribution in [1.82, 2.24) is 4.90 Å². The quantitative estimate of drug-likeness (QED) is 0.755. The second kappa shape index (κ2) is 7.15. The van der Waals surface area contributed by atoms with Gasteiger partial charge in [0.1, 0.15) is 18.6 Å². The minimum absolute atomic E-state index is 0.184. The molecule has 0 bridgehead atoms. The van der Waals surface area contributed by atoms with Gasteiger partial charge in [-0.3, -0.25) is 4.90 Å². The highest BCUT2D eigenvalue weighted by Gasteiger charge is 2.25. The van der Waals surface area contributed by atoms with Gasteiger partial charge >= 0.3 is 0 Å². The number of methoxy groups -OCH3 is 1. The summed E-state index contributed by atoms with van der Waals surface area (Å²) in [6, 6.07) is 7.86. The van der Waals surface area contributed by atoms with Gasteiger partial charge in [0.15, 0.2) is 0 Å². The van der Waals surface area contributed by atoms with Crippen LogP contribution in [0.3, 0.4) is 0 Å². The molecular formula is C15H19NO3. The predicted octanol–water partition coefficient (Wildman–Crippen LogP) is 1.68. The van der Waals surface area contributed by atoms with E-state index in [1.807, 2.05) is 24.3 Å². The fourth-order valence-corrected chi connectivity index (χ4v) is 2.20. The van der Waals surface area contributed by atoms with Crippen LogP contribution in [0.4, 0.5) is 0 Å². The first-order chi connectivity index (χ1) is 9.36. The zero-order valence-electron chi connectivity index (χ0n) is 11.2. The van der Waals surface area contributed by atoms with Gasteiger partial charge in [0.05, 0.1) is 20.3 Å². The van der Waals surface area contributed by atoms with Gasteiger partial charge in [0.25, 0.3) is 0 Å². The van der Waals surface area contributed by atoms with Crippen molar-refractivity contribution in [3.63, 3.8) is 0 Å². The summed E-state index contributed by atoms with van der Waals surface area (Å²) >= 11 is 0. The second-order valence-corrected chi connectivity index (χ2v) is 4.26. The van der Waals surface area contributed by atoms with E-state index in [4.69, 9.17) is 20.6 Å². The van der Waals surface area contributed by atoms with E-state index in [-0.39, 0.29) is 12.8 Å².